The van der Waals surface area contributed by atoms with Crippen LogP contribution in [0.2, 0.25) is 0 Å². The third-order valence-electron chi connectivity index (χ3n) is 6.05. The predicted molar refractivity (Wildman–Crippen MR) is 141 cm³/mol. The second-order valence-corrected chi connectivity index (χ2v) is 9.60. The maximum Gasteiger partial charge on any atom is 0.350 e. The number of aryl methyl sites for hydroxylation is 3. The van der Waals surface area contributed by atoms with Gasteiger partial charge in [-0.2, -0.15) is 0 Å². The number of anilines is 1. The van der Waals surface area contributed by atoms with E-state index in [-0.39, 0.29) is 27.9 Å². The van der Waals surface area contributed by atoms with Crippen LogP contribution in [0.3, 0.4) is 0 Å². The van der Waals surface area contributed by atoms with E-state index in [1.54, 1.807) is 39.0 Å². The highest BCUT2D eigenvalue weighted by Crippen LogP contribution is 2.44. The Balaban J connectivity index is 1.90. The number of carbonyl (C=O) groups excluding carboxylic acids is 3. The summed E-state index contributed by atoms with van der Waals surface area (Å²) in [5.41, 5.74) is 3.07. The van der Waals surface area contributed by atoms with Crippen LogP contribution in [-0.2, 0) is 14.3 Å². The first-order chi connectivity index (χ1) is 17.7. The summed E-state index contributed by atoms with van der Waals surface area (Å²) in [4.78, 5) is 45.2. The fourth-order valence-electron chi connectivity index (χ4n) is 4.27. The number of carbonyl (C=O) groups is 3. The molecule has 1 saturated heterocycles. The Labute approximate surface area is 219 Å². The van der Waals surface area contributed by atoms with Gasteiger partial charge >= 0.3 is 11.9 Å². The van der Waals surface area contributed by atoms with Crippen molar-refractivity contribution >= 4 is 39.9 Å². The Kier molecular flexibility index (Phi) is 7.45. The molecule has 0 aliphatic carbocycles. The Morgan fingerprint density at radius 3 is 2.38 bits per heavy atom. The fourth-order valence-corrected chi connectivity index (χ4v) is 5.26. The first-order valence-electron chi connectivity index (χ1n) is 11.9. The Morgan fingerprint density at radius 2 is 1.76 bits per heavy atom. The largest absolute Gasteiger partial charge is 0.507 e. The van der Waals surface area contributed by atoms with Crippen molar-refractivity contribution in [2.45, 2.75) is 40.7 Å². The topological polar surface area (TPSA) is 106 Å². The average molecular weight is 521 g/mol. The van der Waals surface area contributed by atoms with Gasteiger partial charge in [-0.1, -0.05) is 41.2 Å². The van der Waals surface area contributed by atoms with Gasteiger partial charge in [0.15, 0.2) is 5.13 Å². The number of aliphatic hydroxyl groups is 1. The highest BCUT2D eigenvalue weighted by atomic mass is 32.1. The van der Waals surface area contributed by atoms with Gasteiger partial charge in [-0.15, -0.1) is 0 Å². The Hall–Kier alpha value is -3.98. The van der Waals surface area contributed by atoms with Gasteiger partial charge in [-0.05, 0) is 63.9 Å². The fraction of sp³-hybridized carbons (Fsp3) is 0.286. The molecule has 1 fully saturated rings. The summed E-state index contributed by atoms with van der Waals surface area (Å²) in [6.07, 6.45) is 0. The molecule has 0 radical (unpaired) electrons. The summed E-state index contributed by atoms with van der Waals surface area (Å²) in [5, 5.41) is 11.6. The molecular weight excluding hydrogens is 492 g/mol. The molecule has 4 rings (SSSR count). The maximum atomic E-state index is 13.4. The molecular formula is C28H28N2O6S. The minimum absolute atomic E-state index is 0.0494. The number of ketones is 1. The molecule has 192 valence electrons. The molecule has 8 nitrogen and oxygen atoms in total. The molecule has 1 unspecified atom stereocenters. The van der Waals surface area contributed by atoms with E-state index in [1.165, 1.54) is 4.90 Å². The van der Waals surface area contributed by atoms with Crippen LogP contribution in [0, 0.1) is 20.8 Å². The smallest absolute Gasteiger partial charge is 0.350 e. The second-order valence-electron chi connectivity index (χ2n) is 8.62. The monoisotopic (exact) mass is 520 g/mol. The Morgan fingerprint density at radius 1 is 1.05 bits per heavy atom. The van der Waals surface area contributed by atoms with Gasteiger partial charge in [0.25, 0.3) is 5.78 Å². The molecule has 1 N–H and O–H groups in total. The lowest BCUT2D eigenvalue weighted by Gasteiger charge is -2.23. The number of hydrogen-bond donors (Lipinski definition) is 1. The van der Waals surface area contributed by atoms with Crippen LogP contribution in [0.25, 0.3) is 5.76 Å². The summed E-state index contributed by atoms with van der Waals surface area (Å²) >= 11 is 0.979. The van der Waals surface area contributed by atoms with Gasteiger partial charge in [0, 0.05) is 5.56 Å². The van der Waals surface area contributed by atoms with Crippen molar-refractivity contribution in [3.05, 3.63) is 80.9 Å². The first-order valence-corrected chi connectivity index (χ1v) is 12.7. The van der Waals surface area contributed by atoms with Gasteiger partial charge in [0.1, 0.15) is 16.4 Å². The van der Waals surface area contributed by atoms with E-state index in [0.717, 1.165) is 16.9 Å². The van der Waals surface area contributed by atoms with Crippen LogP contribution in [0.1, 0.15) is 57.5 Å². The summed E-state index contributed by atoms with van der Waals surface area (Å²) in [5.74, 6) is -1.86. The number of rotatable bonds is 7. The van der Waals surface area contributed by atoms with E-state index in [9.17, 15) is 19.5 Å². The van der Waals surface area contributed by atoms with Crippen LogP contribution >= 0.6 is 11.3 Å². The van der Waals surface area contributed by atoms with E-state index in [2.05, 4.69) is 4.98 Å². The van der Waals surface area contributed by atoms with E-state index in [1.807, 2.05) is 38.1 Å². The lowest BCUT2D eigenvalue weighted by molar-refractivity contribution is -0.132. The molecule has 2 heterocycles. The number of benzene rings is 2. The van der Waals surface area contributed by atoms with E-state index >= 15 is 0 Å². The number of thiazole rings is 1. The molecule has 1 aliphatic rings. The van der Waals surface area contributed by atoms with Gasteiger partial charge in [-0.3, -0.25) is 14.5 Å². The molecule has 9 heteroatoms. The third-order valence-corrected chi connectivity index (χ3v) is 7.19. The second kappa shape index (κ2) is 10.6. The number of nitrogens with zero attached hydrogens (tertiary/aromatic N) is 2. The number of hydrogen-bond acceptors (Lipinski definition) is 8. The predicted octanol–water partition coefficient (Wildman–Crippen LogP) is 5.27. The lowest BCUT2D eigenvalue weighted by Crippen LogP contribution is -2.29. The van der Waals surface area contributed by atoms with Crippen molar-refractivity contribution in [3.63, 3.8) is 0 Å². The number of amides is 1. The van der Waals surface area contributed by atoms with Gasteiger partial charge < -0.3 is 14.6 Å². The molecule has 1 amide bonds. The lowest BCUT2D eigenvalue weighted by atomic mass is 9.93. The van der Waals surface area contributed by atoms with Crippen LogP contribution in [0.4, 0.5) is 5.13 Å². The van der Waals surface area contributed by atoms with E-state index in [4.69, 9.17) is 9.47 Å². The molecule has 0 spiro atoms. The zero-order valence-corrected chi connectivity index (χ0v) is 22.1. The highest BCUT2D eigenvalue weighted by molar-refractivity contribution is 7.17. The summed E-state index contributed by atoms with van der Waals surface area (Å²) < 4.78 is 10.7. The number of Topliss-reactive ketones (excluding diaryl/α,β-unsaturated/α-hetero) is 1. The molecule has 2 aromatic carbocycles. The molecule has 1 aromatic heterocycles. The molecule has 37 heavy (non-hydrogen) atoms. The van der Waals surface area contributed by atoms with Crippen molar-refractivity contribution in [2.75, 3.05) is 18.1 Å². The molecule has 3 aromatic rings. The minimum atomic E-state index is -0.938. The van der Waals surface area contributed by atoms with E-state index < -0.39 is 23.7 Å². The average Bonchev–Trinajstić information content (AvgIpc) is 3.36. The summed E-state index contributed by atoms with van der Waals surface area (Å²) in [7, 11) is 0. The van der Waals surface area contributed by atoms with Crippen molar-refractivity contribution < 1.29 is 29.0 Å². The van der Waals surface area contributed by atoms with Crippen LogP contribution in [0.15, 0.2) is 48.0 Å². The van der Waals surface area contributed by atoms with Gasteiger partial charge in [-0.25, -0.2) is 9.78 Å². The van der Waals surface area contributed by atoms with Gasteiger partial charge in [0.2, 0.25) is 0 Å². The first kappa shape index (κ1) is 26.1. The normalized spacial score (nSPS) is 16.8. The molecule has 0 bridgehead atoms. The number of aliphatic hydroxyl groups excluding tert-OH is 1. The quantitative estimate of drug-likeness (QED) is 0.196. The van der Waals surface area contributed by atoms with Crippen molar-refractivity contribution in [1.29, 1.82) is 0 Å². The zero-order chi connectivity index (χ0) is 26.9. The van der Waals surface area contributed by atoms with Crippen LogP contribution < -0.4 is 9.64 Å². The third kappa shape index (κ3) is 4.86. The van der Waals surface area contributed by atoms with Crippen LogP contribution in [0.5, 0.6) is 5.75 Å². The SMILES string of the molecule is CCOC(=O)c1sc(N2C(=O)C(=O)/C(=C(\O)c3ccc(OCC)cc3C)C2c2ccc(C)cc2)nc1C. The maximum absolute atomic E-state index is 13.4. The summed E-state index contributed by atoms with van der Waals surface area (Å²) in [6, 6.07) is 11.6. The number of esters is 1. The molecule has 0 saturated carbocycles. The van der Waals surface area contributed by atoms with Crippen molar-refractivity contribution in [3.8, 4) is 5.75 Å². The molecule has 1 atom stereocenters. The van der Waals surface area contributed by atoms with Gasteiger partial charge in [0.05, 0.1) is 30.5 Å². The summed E-state index contributed by atoms with van der Waals surface area (Å²) in [6.45, 7) is 9.64. The Bertz CT molecular complexity index is 1410. The number of aromatic nitrogens is 1. The van der Waals surface area contributed by atoms with Crippen LogP contribution in [-0.4, -0.2) is 41.0 Å². The standard InChI is InChI=1S/C28H28N2O6S/c1-6-35-19-12-13-20(16(4)14-19)23(31)21-22(18-10-8-15(3)9-11-18)30(26(33)24(21)32)28-29-17(5)25(37-28)27(34)36-7-2/h8-14,22,31H,6-7H2,1-5H3/b23-21-. The van der Waals surface area contributed by atoms with E-state index in [0.29, 0.717) is 34.7 Å². The number of ether oxygens (including phenoxy) is 2. The highest BCUT2D eigenvalue weighted by Gasteiger charge is 2.48. The van der Waals surface area contributed by atoms with Crippen molar-refractivity contribution in [1.82, 2.24) is 4.98 Å². The minimum Gasteiger partial charge on any atom is -0.507 e. The van der Waals surface area contributed by atoms with Crippen molar-refractivity contribution in [2.24, 2.45) is 0 Å². The zero-order valence-electron chi connectivity index (χ0n) is 21.3. The molecule has 1 aliphatic heterocycles.